The number of nitrogens with one attached hydrogen (secondary N) is 1. The molecule has 0 amide bonds. The smallest absolute Gasteiger partial charge is 0.142 e. The van der Waals surface area contributed by atoms with Crippen molar-refractivity contribution in [1.29, 1.82) is 0 Å². The Bertz CT molecular complexity index is 630. The number of hydrogen-bond acceptors (Lipinski definition) is 1. The third-order valence-corrected chi connectivity index (χ3v) is 4.87. The van der Waals surface area contributed by atoms with Crippen LogP contribution in [-0.4, -0.2) is 6.54 Å². The molecule has 0 aromatic heterocycles. The first-order chi connectivity index (χ1) is 10.0. The van der Waals surface area contributed by atoms with Gasteiger partial charge in [-0.25, -0.2) is 4.39 Å². The van der Waals surface area contributed by atoms with Crippen molar-refractivity contribution in [1.82, 2.24) is 5.32 Å². The average Bonchev–Trinajstić information content (AvgIpc) is 2.46. The van der Waals surface area contributed by atoms with Crippen LogP contribution in [0.25, 0.3) is 0 Å². The highest BCUT2D eigenvalue weighted by Crippen LogP contribution is 2.29. The molecule has 0 fully saturated rings. The van der Waals surface area contributed by atoms with E-state index in [2.05, 4.69) is 41.2 Å². The summed E-state index contributed by atoms with van der Waals surface area (Å²) in [5, 5.41) is 3.68. The van der Waals surface area contributed by atoms with Gasteiger partial charge >= 0.3 is 0 Å². The Morgan fingerprint density at radius 2 is 1.95 bits per heavy atom. The quantitative estimate of drug-likeness (QED) is 0.738. The van der Waals surface area contributed by atoms with Crippen LogP contribution in [-0.2, 0) is 6.42 Å². The van der Waals surface area contributed by atoms with E-state index in [0.29, 0.717) is 6.42 Å². The van der Waals surface area contributed by atoms with Gasteiger partial charge in [-0.05, 0) is 48.7 Å². The van der Waals surface area contributed by atoms with E-state index in [1.54, 1.807) is 6.07 Å². The summed E-state index contributed by atoms with van der Waals surface area (Å²) in [5.41, 5.74) is 3.21. The van der Waals surface area contributed by atoms with E-state index >= 15 is 0 Å². The summed E-state index contributed by atoms with van der Waals surface area (Å²) in [7, 11) is 0. The summed E-state index contributed by atoms with van der Waals surface area (Å²) in [6.07, 6.45) is 0.654. The van der Waals surface area contributed by atoms with Crippen LogP contribution in [0.2, 0.25) is 5.02 Å². The van der Waals surface area contributed by atoms with Crippen molar-refractivity contribution in [2.45, 2.75) is 26.3 Å². The predicted octanol–water partition coefficient (Wildman–Crippen LogP) is 5.44. The second kappa shape index (κ2) is 7.39. The first-order valence-corrected chi connectivity index (χ1v) is 8.13. The highest BCUT2D eigenvalue weighted by molar-refractivity contribution is 9.10. The summed E-state index contributed by atoms with van der Waals surface area (Å²) in [6.45, 7) is 4.98. The second-order valence-corrected chi connectivity index (χ2v) is 6.21. The summed E-state index contributed by atoms with van der Waals surface area (Å²) < 4.78 is 14.7. The predicted molar refractivity (Wildman–Crippen MR) is 90.4 cm³/mol. The van der Waals surface area contributed by atoms with Gasteiger partial charge in [0, 0.05) is 10.5 Å². The maximum atomic E-state index is 13.6. The van der Waals surface area contributed by atoms with Gasteiger partial charge in [-0.3, -0.25) is 0 Å². The van der Waals surface area contributed by atoms with Gasteiger partial charge in [-0.15, -0.1) is 0 Å². The van der Waals surface area contributed by atoms with Crippen LogP contribution in [0.1, 0.15) is 29.7 Å². The molecular formula is C17H18BrClFN. The van der Waals surface area contributed by atoms with E-state index in [1.165, 1.54) is 17.2 Å². The number of benzene rings is 2. The molecule has 0 radical (unpaired) electrons. The molecule has 2 aromatic rings. The van der Waals surface area contributed by atoms with Gasteiger partial charge in [-0.1, -0.05) is 58.7 Å². The third kappa shape index (κ3) is 3.85. The van der Waals surface area contributed by atoms with Crippen molar-refractivity contribution in [3.63, 3.8) is 0 Å². The van der Waals surface area contributed by atoms with Gasteiger partial charge in [0.05, 0.1) is 5.02 Å². The first kappa shape index (κ1) is 16.5. The second-order valence-electron chi connectivity index (χ2n) is 4.98. The molecule has 2 aromatic carbocycles. The van der Waals surface area contributed by atoms with E-state index in [9.17, 15) is 4.39 Å². The van der Waals surface area contributed by atoms with Gasteiger partial charge in [0.2, 0.25) is 0 Å². The molecule has 1 nitrogen and oxygen atoms in total. The molecular weight excluding hydrogens is 353 g/mol. The lowest BCUT2D eigenvalue weighted by atomic mass is 9.95. The van der Waals surface area contributed by atoms with Crippen LogP contribution in [0, 0.1) is 12.7 Å². The van der Waals surface area contributed by atoms with Crippen molar-refractivity contribution in [2.75, 3.05) is 6.54 Å². The lowest BCUT2D eigenvalue weighted by Gasteiger charge is -2.22. The average molecular weight is 371 g/mol. The molecule has 21 heavy (non-hydrogen) atoms. The van der Waals surface area contributed by atoms with Crippen LogP contribution in [0.3, 0.4) is 0 Å². The summed E-state index contributed by atoms with van der Waals surface area (Å²) in [4.78, 5) is 0. The van der Waals surface area contributed by atoms with Crippen LogP contribution >= 0.6 is 27.5 Å². The SMILES string of the molecule is CCNC(Cc1cccc(F)c1Cl)c1cccc(Br)c1C. The molecule has 0 saturated carbocycles. The molecule has 0 heterocycles. The summed E-state index contributed by atoms with van der Waals surface area (Å²) in [6, 6.07) is 11.2. The summed E-state index contributed by atoms with van der Waals surface area (Å²) >= 11 is 9.65. The van der Waals surface area contributed by atoms with Crippen molar-refractivity contribution in [3.8, 4) is 0 Å². The topological polar surface area (TPSA) is 12.0 Å². The number of likely N-dealkylation sites (N-methyl/N-ethyl adjacent to an activating group) is 1. The highest BCUT2D eigenvalue weighted by Gasteiger charge is 2.17. The van der Waals surface area contributed by atoms with E-state index in [0.717, 1.165) is 16.6 Å². The Morgan fingerprint density at radius 1 is 1.24 bits per heavy atom. The molecule has 1 unspecified atom stereocenters. The molecule has 0 spiro atoms. The van der Waals surface area contributed by atoms with Gasteiger partial charge < -0.3 is 5.32 Å². The van der Waals surface area contributed by atoms with Crippen LogP contribution in [0.5, 0.6) is 0 Å². The standard InChI is InChI=1S/C17H18BrClFN/c1-3-21-16(13-7-5-8-14(18)11(13)2)10-12-6-4-9-15(20)17(12)19/h4-9,16,21H,3,10H2,1-2H3. The minimum atomic E-state index is -0.365. The Hall–Kier alpha value is -0.900. The fraction of sp³-hybridized carbons (Fsp3) is 0.294. The Labute approximate surface area is 138 Å². The van der Waals surface area contributed by atoms with E-state index < -0.39 is 0 Å². The fourth-order valence-corrected chi connectivity index (χ4v) is 3.05. The molecule has 0 aliphatic rings. The first-order valence-electron chi connectivity index (χ1n) is 6.95. The van der Waals surface area contributed by atoms with E-state index in [-0.39, 0.29) is 16.9 Å². The van der Waals surface area contributed by atoms with Crippen molar-refractivity contribution in [3.05, 3.63) is 68.4 Å². The highest BCUT2D eigenvalue weighted by atomic mass is 79.9. The van der Waals surface area contributed by atoms with Crippen LogP contribution in [0.4, 0.5) is 4.39 Å². The van der Waals surface area contributed by atoms with Gasteiger partial charge in [0.1, 0.15) is 5.82 Å². The molecule has 0 aliphatic heterocycles. The number of rotatable bonds is 5. The molecule has 2 rings (SSSR count). The van der Waals surface area contributed by atoms with Crippen LogP contribution < -0.4 is 5.32 Å². The molecule has 1 atom stereocenters. The minimum absolute atomic E-state index is 0.104. The van der Waals surface area contributed by atoms with Gasteiger partial charge in [0.25, 0.3) is 0 Å². The largest absolute Gasteiger partial charge is 0.310 e. The molecule has 112 valence electrons. The van der Waals surface area contributed by atoms with Gasteiger partial charge in [-0.2, -0.15) is 0 Å². The van der Waals surface area contributed by atoms with Crippen LogP contribution in [0.15, 0.2) is 40.9 Å². The number of hydrogen-bond donors (Lipinski definition) is 1. The molecule has 4 heteroatoms. The zero-order valence-electron chi connectivity index (χ0n) is 12.1. The maximum Gasteiger partial charge on any atom is 0.142 e. The third-order valence-electron chi connectivity index (χ3n) is 3.59. The summed E-state index contributed by atoms with van der Waals surface area (Å²) in [5.74, 6) is -0.365. The lowest BCUT2D eigenvalue weighted by Crippen LogP contribution is -2.24. The van der Waals surface area contributed by atoms with Crippen molar-refractivity contribution >= 4 is 27.5 Å². The zero-order chi connectivity index (χ0) is 15.4. The van der Waals surface area contributed by atoms with Crippen molar-refractivity contribution < 1.29 is 4.39 Å². The van der Waals surface area contributed by atoms with E-state index in [4.69, 9.17) is 11.6 Å². The number of halogens is 3. The molecule has 1 N–H and O–H groups in total. The lowest BCUT2D eigenvalue weighted by molar-refractivity contribution is 0.544. The zero-order valence-corrected chi connectivity index (χ0v) is 14.4. The van der Waals surface area contributed by atoms with Gasteiger partial charge in [0.15, 0.2) is 0 Å². The molecule has 0 aliphatic carbocycles. The monoisotopic (exact) mass is 369 g/mol. The Kier molecular flexibility index (Phi) is 5.80. The molecule has 0 bridgehead atoms. The minimum Gasteiger partial charge on any atom is -0.310 e. The normalized spacial score (nSPS) is 12.4. The maximum absolute atomic E-state index is 13.6. The fourth-order valence-electron chi connectivity index (χ4n) is 2.47. The molecule has 0 saturated heterocycles. The Balaban J connectivity index is 2.35. The van der Waals surface area contributed by atoms with E-state index in [1.807, 2.05) is 18.2 Å². The van der Waals surface area contributed by atoms with Crippen molar-refractivity contribution in [2.24, 2.45) is 0 Å². The Morgan fingerprint density at radius 3 is 2.67 bits per heavy atom.